The zero-order valence-electron chi connectivity index (χ0n) is 14.3. The highest BCUT2D eigenvalue weighted by atomic mass is 16.4. The molecule has 0 aliphatic carbocycles. The molecule has 1 atom stereocenters. The van der Waals surface area contributed by atoms with Crippen LogP contribution in [-0.4, -0.2) is 11.1 Å². The molecule has 0 aromatic carbocycles. The van der Waals surface area contributed by atoms with Crippen LogP contribution >= 0.6 is 0 Å². The van der Waals surface area contributed by atoms with Crippen LogP contribution in [0.15, 0.2) is 12.2 Å². The average Bonchev–Trinajstić information content (AvgIpc) is 2.46. The van der Waals surface area contributed by atoms with E-state index in [1.807, 2.05) is 0 Å². The smallest absolute Gasteiger partial charge is 0.303 e. The first-order chi connectivity index (χ1) is 10.2. The van der Waals surface area contributed by atoms with Crippen molar-refractivity contribution in [2.24, 2.45) is 5.92 Å². The molecule has 0 bridgehead atoms. The van der Waals surface area contributed by atoms with Gasteiger partial charge in [0.1, 0.15) is 0 Å². The van der Waals surface area contributed by atoms with Gasteiger partial charge in [-0.05, 0) is 38.0 Å². The topological polar surface area (TPSA) is 37.3 Å². The third kappa shape index (κ3) is 17.2. The summed E-state index contributed by atoms with van der Waals surface area (Å²) in [5.74, 6) is 0.236. The van der Waals surface area contributed by atoms with Gasteiger partial charge in [0.25, 0.3) is 0 Å². The van der Waals surface area contributed by atoms with Crippen molar-refractivity contribution in [3.8, 4) is 0 Å². The highest BCUT2D eigenvalue weighted by Gasteiger charge is 1.97. The van der Waals surface area contributed by atoms with Crippen LogP contribution in [0.4, 0.5) is 0 Å². The van der Waals surface area contributed by atoms with Crippen molar-refractivity contribution in [3.05, 3.63) is 12.2 Å². The van der Waals surface area contributed by atoms with Crippen molar-refractivity contribution in [1.29, 1.82) is 0 Å². The summed E-state index contributed by atoms with van der Waals surface area (Å²) in [6.07, 6.45) is 19.8. The van der Waals surface area contributed by atoms with Crippen LogP contribution < -0.4 is 0 Å². The quantitative estimate of drug-likeness (QED) is 0.282. The van der Waals surface area contributed by atoms with Gasteiger partial charge in [-0.15, -0.1) is 0 Å². The van der Waals surface area contributed by atoms with Crippen LogP contribution in [0.3, 0.4) is 0 Å². The lowest BCUT2D eigenvalue weighted by atomic mass is 10.00. The van der Waals surface area contributed by atoms with Crippen molar-refractivity contribution in [3.63, 3.8) is 0 Å². The van der Waals surface area contributed by atoms with Gasteiger partial charge in [-0.25, -0.2) is 0 Å². The Morgan fingerprint density at radius 1 is 0.905 bits per heavy atom. The lowest BCUT2D eigenvalue weighted by molar-refractivity contribution is -0.137. The minimum atomic E-state index is -0.668. The van der Waals surface area contributed by atoms with E-state index in [0.29, 0.717) is 6.42 Å². The second-order valence-corrected chi connectivity index (χ2v) is 6.32. The molecule has 124 valence electrons. The minimum absolute atomic E-state index is 0.326. The number of carbonyl (C=O) groups is 1. The standard InChI is InChI=1S/C19H36O2/c1-3-18(2)16-14-12-10-8-6-4-5-7-9-11-13-15-17-19(20)21/h4-5,18H,3,6-17H2,1-2H3,(H,20,21). The molecule has 0 heterocycles. The number of hydrogen-bond acceptors (Lipinski definition) is 1. The van der Waals surface area contributed by atoms with E-state index in [4.69, 9.17) is 5.11 Å². The molecule has 21 heavy (non-hydrogen) atoms. The Hall–Kier alpha value is -0.790. The number of aliphatic carboxylic acids is 1. The molecule has 0 aromatic heterocycles. The highest BCUT2D eigenvalue weighted by molar-refractivity contribution is 5.66. The molecule has 1 unspecified atom stereocenters. The van der Waals surface area contributed by atoms with Gasteiger partial charge < -0.3 is 5.11 Å². The maximum Gasteiger partial charge on any atom is 0.303 e. The average molecular weight is 296 g/mol. The van der Waals surface area contributed by atoms with E-state index >= 15 is 0 Å². The largest absolute Gasteiger partial charge is 0.481 e. The van der Waals surface area contributed by atoms with Gasteiger partial charge in [0, 0.05) is 6.42 Å². The highest BCUT2D eigenvalue weighted by Crippen LogP contribution is 2.14. The van der Waals surface area contributed by atoms with Crippen LogP contribution in [0.1, 0.15) is 97.3 Å². The predicted octanol–water partition coefficient (Wildman–Crippen LogP) is 6.35. The van der Waals surface area contributed by atoms with Crippen molar-refractivity contribution in [2.75, 3.05) is 0 Å². The van der Waals surface area contributed by atoms with Gasteiger partial charge in [-0.2, -0.15) is 0 Å². The van der Waals surface area contributed by atoms with Gasteiger partial charge in [-0.1, -0.05) is 70.9 Å². The second-order valence-electron chi connectivity index (χ2n) is 6.32. The fraction of sp³-hybridized carbons (Fsp3) is 0.842. The van der Waals surface area contributed by atoms with Crippen LogP contribution in [0.5, 0.6) is 0 Å². The number of carboxylic acid groups (broad SMARTS) is 1. The van der Waals surface area contributed by atoms with Crippen molar-refractivity contribution in [2.45, 2.75) is 97.3 Å². The molecule has 0 amide bonds. The Morgan fingerprint density at radius 2 is 1.43 bits per heavy atom. The first-order valence-electron chi connectivity index (χ1n) is 9.03. The Kier molecular flexibility index (Phi) is 15.0. The summed E-state index contributed by atoms with van der Waals surface area (Å²) in [5.41, 5.74) is 0. The molecule has 2 nitrogen and oxygen atoms in total. The summed E-state index contributed by atoms with van der Waals surface area (Å²) >= 11 is 0. The van der Waals surface area contributed by atoms with E-state index in [-0.39, 0.29) is 0 Å². The molecule has 0 fully saturated rings. The van der Waals surface area contributed by atoms with Crippen LogP contribution in [-0.2, 0) is 4.79 Å². The Bertz CT molecular complexity index is 258. The van der Waals surface area contributed by atoms with Crippen molar-refractivity contribution < 1.29 is 9.90 Å². The molecule has 2 heteroatoms. The number of hydrogen-bond donors (Lipinski definition) is 1. The van der Waals surface area contributed by atoms with Gasteiger partial charge >= 0.3 is 5.97 Å². The lowest BCUT2D eigenvalue weighted by Gasteiger charge is -2.06. The molecular formula is C19H36O2. The lowest BCUT2D eigenvalue weighted by Crippen LogP contribution is -1.93. The van der Waals surface area contributed by atoms with E-state index in [2.05, 4.69) is 26.0 Å². The van der Waals surface area contributed by atoms with Gasteiger partial charge in [0.05, 0.1) is 0 Å². The molecule has 0 rings (SSSR count). The monoisotopic (exact) mass is 296 g/mol. The van der Waals surface area contributed by atoms with Gasteiger partial charge in [-0.3, -0.25) is 4.79 Å². The van der Waals surface area contributed by atoms with E-state index in [0.717, 1.165) is 31.6 Å². The minimum Gasteiger partial charge on any atom is -0.481 e. The van der Waals surface area contributed by atoms with Gasteiger partial charge in [0.15, 0.2) is 0 Å². The van der Waals surface area contributed by atoms with Crippen LogP contribution in [0.25, 0.3) is 0 Å². The van der Waals surface area contributed by atoms with Crippen molar-refractivity contribution in [1.82, 2.24) is 0 Å². The third-order valence-corrected chi connectivity index (χ3v) is 4.19. The molecular weight excluding hydrogens is 260 g/mol. The van der Waals surface area contributed by atoms with Crippen LogP contribution in [0, 0.1) is 5.92 Å². The predicted molar refractivity (Wildman–Crippen MR) is 91.6 cm³/mol. The molecule has 0 spiro atoms. The first kappa shape index (κ1) is 20.2. The van der Waals surface area contributed by atoms with E-state index < -0.39 is 5.97 Å². The SMILES string of the molecule is CCC(C)CCCCCCC=CCCCCCCC(=O)O. The summed E-state index contributed by atoms with van der Waals surface area (Å²) in [7, 11) is 0. The summed E-state index contributed by atoms with van der Waals surface area (Å²) in [4.78, 5) is 10.3. The zero-order chi connectivity index (χ0) is 15.8. The third-order valence-electron chi connectivity index (χ3n) is 4.19. The fourth-order valence-electron chi connectivity index (χ4n) is 2.44. The summed E-state index contributed by atoms with van der Waals surface area (Å²) < 4.78 is 0. The van der Waals surface area contributed by atoms with Crippen molar-refractivity contribution >= 4 is 5.97 Å². The Morgan fingerprint density at radius 3 is 1.95 bits per heavy atom. The molecule has 0 radical (unpaired) electrons. The molecule has 1 N–H and O–H groups in total. The van der Waals surface area contributed by atoms with E-state index in [1.54, 1.807) is 0 Å². The van der Waals surface area contributed by atoms with Crippen LogP contribution in [0.2, 0.25) is 0 Å². The van der Waals surface area contributed by atoms with Gasteiger partial charge in [0.2, 0.25) is 0 Å². The fourth-order valence-corrected chi connectivity index (χ4v) is 2.44. The summed E-state index contributed by atoms with van der Waals surface area (Å²) in [6.45, 7) is 4.63. The normalized spacial score (nSPS) is 12.9. The maximum atomic E-state index is 10.3. The number of rotatable bonds is 15. The first-order valence-corrected chi connectivity index (χ1v) is 9.03. The summed E-state index contributed by atoms with van der Waals surface area (Å²) in [5, 5.41) is 8.52. The molecule has 0 aliphatic heterocycles. The maximum absolute atomic E-state index is 10.3. The molecule has 0 saturated heterocycles. The summed E-state index contributed by atoms with van der Waals surface area (Å²) in [6, 6.07) is 0. The zero-order valence-corrected chi connectivity index (χ0v) is 14.3. The number of allylic oxidation sites excluding steroid dienone is 2. The Balaban J connectivity index is 3.14. The molecule has 0 aromatic rings. The second kappa shape index (κ2) is 15.6. The molecule has 0 saturated carbocycles. The van der Waals surface area contributed by atoms with E-state index in [1.165, 1.54) is 51.4 Å². The van der Waals surface area contributed by atoms with E-state index in [9.17, 15) is 4.79 Å². The Labute approximate surface area is 132 Å². The number of carboxylic acids is 1. The number of unbranched alkanes of at least 4 members (excludes halogenated alkanes) is 8. The molecule has 0 aliphatic rings.